The molecule has 0 saturated carbocycles. The van der Waals surface area contributed by atoms with Crippen LogP contribution in [0, 0.1) is 0 Å². The Labute approximate surface area is 328 Å². The Kier molecular flexibility index (Phi) is 6.96. The smallest absolute Gasteiger partial charge is 0.196 e. The van der Waals surface area contributed by atoms with E-state index in [1.165, 1.54) is 49.3 Å². The number of para-hydroxylation sites is 3. The number of nitrogens with one attached hydrogen (secondary N) is 1. The van der Waals surface area contributed by atoms with Crippen molar-refractivity contribution >= 4 is 60.2 Å². The molecule has 1 unspecified atom stereocenters. The summed E-state index contributed by atoms with van der Waals surface area (Å²) >= 11 is 0. The maximum atomic E-state index is 6.62. The molecule has 0 amide bonds. The minimum Gasteiger partial charge on any atom is -0.464 e. The Morgan fingerprint density at radius 3 is 1.95 bits per heavy atom. The monoisotopic (exact) mass is 730 g/mol. The van der Waals surface area contributed by atoms with Crippen LogP contribution in [0.3, 0.4) is 0 Å². The van der Waals surface area contributed by atoms with Gasteiger partial charge in [0.1, 0.15) is 16.9 Å². The zero-order valence-corrected chi connectivity index (χ0v) is 30.8. The van der Waals surface area contributed by atoms with E-state index in [9.17, 15) is 0 Å². The van der Waals surface area contributed by atoms with Crippen molar-refractivity contribution in [1.29, 1.82) is 0 Å². The molecule has 0 spiro atoms. The van der Waals surface area contributed by atoms with E-state index in [0.717, 1.165) is 61.3 Å². The number of furan rings is 1. The molecule has 0 fully saturated rings. The molecule has 3 heterocycles. The molecule has 12 rings (SSSR count). The number of nitrogens with zero attached hydrogens (tertiary/aromatic N) is 1. The van der Waals surface area contributed by atoms with Crippen molar-refractivity contribution in [2.45, 2.75) is 6.23 Å². The summed E-state index contributed by atoms with van der Waals surface area (Å²) in [4.78, 5) is 0. The summed E-state index contributed by atoms with van der Waals surface area (Å²) in [6, 6.07) is 69.0. The first kappa shape index (κ1) is 31.8. The van der Waals surface area contributed by atoms with Gasteiger partial charge in [-0.15, -0.1) is 0 Å². The van der Waals surface area contributed by atoms with Crippen molar-refractivity contribution in [3.8, 4) is 44.8 Å². The van der Waals surface area contributed by atoms with Crippen molar-refractivity contribution in [2.24, 2.45) is 0 Å². The summed E-state index contributed by atoms with van der Waals surface area (Å²) in [7, 11) is 0. The maximum Gasteiger partial charge on any atom is 0.196 e. The van der Waals surface area contributed by atoms with E-state index < -0.39 is 0 Å². The molecule has 2 aromatic heterocycles. The van der Waals surface area contributed by atoms with Crippen LogP contribution in [0.2, 0.25) is 0 Å². The lowest BCUT2D eigenvalue weighted by atomic mass is 9.94. The second-order valence-electron chi connectivity index (χ2n) is 14.9. The average molecular weight is 731 g/mol. The molecule has 1 N–H and O–H groups in total. The second-order valence-corrected chi connectivity index (χ2v) is 14.9. The molecule has 4 nitrogen and oxygen atoms in total. The quantitative estimate of drug-likeness (QED) is 0.192. The zero-order valence-electron chi connectivity index (χ0n) is 30.8. The summed E-state index contributed by atoms with van der Waals surface area (Å²) in [5, 5.41) is 10.8. The lowest BCUT2D eigenvalue weighted by Gasteiger charge is -2.14. The van der Waals surface area contributed by atoms with Crippen molar-refractivity contribution in [2.75, 3.05) is 5.32 Å². The number of fused-ring (bicyclic) bond motifs is 10. The van der Waals surface area contributed by atoms with Gasteiger partial charge in [0, 0.05) is 38.4 Å². The molecule has 11 aromatic rings. The van der Waals surface area contributed by atoms with Gasteiger partial charge < -0.3 is 19.0 Å². The molecule has 0 aliphatic carbocycles. The zero-order chi connectivity index (χ0) is 37.5. The van der Waals surface area contributed by atoms with Gasteiger partial charge in [-0.3, -0.25) is 0 Å². The van der Waals surface area contributed by atoms with E-state index in [2.05, 4.69) is 186 Å². The van der Waals surface area contributed by atoms with Gasteiger partial charge in [0.2, 0.25) is 0 Å². The molecule has 1 atom stereocenters. The SMILES string of the molecule is c1ccc(-c2ccc(-c3cccc4c3oc3ccc5c(c34)NC(c3ccc(-c4cc6ccccc6c6c4c4ccccc4n6-c4ccccc4)cc3)O5)cc2)cc1. The number of rotatable bonds is 5. The van der Waals surface area contributed by atoms with Gasteiger partial charge >= 0.3 is 0 Å². The minimum absolute atomic E-state index is 0.338. The fraction of sp³-hybridized carbons (Fsp3) is 0.0189. The summed E-state index contributed by atoms with van der Waals surface area (Å²) in [5.74, 6) is 0.821. The van der Waals surface area contributed by atoms with Crippen LogP contribution in [0.15, 0.2) is 199 Å². The number of ether oxygens (including phenoxy) is 1. The van der Waals surface area contributed by atoms with Crippen LogP contribution in [0.1, 0.15) is 11.8 Å². The van der Waals surface area contributed by atoms with Gasteiger partial charge in [-0.2, -0.15) is 0 Å². The number of hydrogen-bond acceptors (Lipinski definition) is 3. The van der Waals surface area contributed by atoms with Gasteiger partial charge in [0.25, 0.3) is 0 Å². The third-order valence-corrected chi connectivity index (χ3v) is 11.6. The molecule has 268 valence electrons. The van der Waals surface area contributed by atoms with Crippen LogP contribution in [0.25, 0.3) is 93.6 Å². The molecule has 9 aromatic carbocycles. The second kappa shape index (κ2) is 12.5. The summed E-state index contributed by atoms with van der Waals surface area (Å²) in [5.41, 5.74) is 14.2. The minimum atomic E-state index is -0.338. The predicted molar refractivity (Wildman–Crippen MR) is 235 cm³/mol. The number of aromatic nitrogens is 1. The van der Waals surface area contributed by atoms with Gasteiger partial charge in [-0.1, -0.05) is 158 Å². The fourth-order valence-electron chi connectivity index (χ4n) is 9.00. The molecular weight excluding hydrogens is 697 g/mol. The van der Waals surface area contributed by atoms with Crippen molar-refractivity contribution < 1.29 is 9.15 Å². The summed E-state index contributed by atoms with van der Waals surface area (Å²) < 4.78 is 15.6. The van der Waals surface area contributed by atoms with Gasteiger partial charge in [-0.05, 0) is 69.6 Å². The number of hydrogen-bond donors (Lipinski definition) is 1. The van der Waals surface area contributed by atoms with Crippen LogP contribution < -0.4 is 10.1 Å². The molecular formula is C53H34N2O2. The average Bonchev–Trinajstić information content (AvgIpc) is 3.99. The highest BCUT2D eigenvalue weighted by Gasteiger charge is 2.28. The largest absolute Gasteiger partial charge is 0.464 e. The van der Waals surface area contributed by atoms with Crippen LogP contribution in [0.5, 0.6) is 5.75 Å². The highest BCUT2D eigenvalue weighted by Crippen LogP contribution is 2.48. The highest BCUT2D eigenvalue weighted by molar-refractivity contribution is 6.24. The first-order chi connectivity index (χ1) is 28.3. The molecule has 0 bridgehead atoms. The Bertz CT molecular complexity index is 3330. The number of benzene rings is 9. The highest BCUT2D eigenvalue weighted by atomic mass is 16.5. The predicted octanol–water partition coefficient (Wildman–Crippen LogP) is 14.3. The lowest BCUT2D eigenvalue weighted by molar-refractivity contribution is 0.260. The fourth-order valence-corrected chi connectivity index (χ4v) is 9.00. The van der Waals surface area contributed by atoms with E-state index in [0.29, 0.717) is 0 Å². The molecule has 57 heavy (non-hydrogen) atoms. The van der Waals surface area contributed by atoms with Crippen molar-refractivity contribution in [3.63, 3.8) is 0 Å². The van der Waals surface area contributed by atoms with Crippen LogP contribution >= 0.6 is 0 Å². The lowest BCUT2D eigenvalue weighted by Crippen LogP contribution is -2.09. The van der Waals surface area contributed by atoms with E-state index in [-0.39, 0.29) is 6.23 Å². The Hall–Kier alpha value is -7.56. The number of anilines is 1. The van der Waals surface area contributed by atoms with E-state index in [1.807, 2.05) is 18.2 Å². The van der Waals surface area contributed by atoms with E-state index >= 15 is 0 Å². The summed E-state index contributed by atoms with van der Waals surface area (Å²) in [6.07, 6.45) is -0.338. The molecule has 0 saturated heterocycles. The topological polar surface area (TPSA) is 39.3 Å². The van der Waals surface area contributed by atoms with Gasteiger partial charge in [0.05, 0.1) is 22.1 Å². The standard InChI is InChI=1S/C53H34N2O2/c1-3-12-33(13-4-1)34-22-24-35(25-23-34)41-19-11-20-43-49-46(56-52(41)43)30-31-47-50(49)54-53(57-47)37-28-26-36(27-29-37)44-32-38-14-7-8-17-40(38)51-48(44)42-18-9-10-21-45(42)55(51)39-15-5-2-6-16-39/h1-32,53-54H. The Balaban J connectivity index is 0.919. The summed E-state index contributed by atoms with van der Waals surface area (Å²) in [6.45, 7) is 0. The first-order valence-corrected chi connectivity index (χ1v) is 19.4. The molecule has 1 aliphatic rings. The molecule has 4 heteroatoms. The van der Waals surface area contributed by atoms with Crippen molar-refractivity contribution in [1.82, 2.24) is 4.57 Å². The third kappa shape index (κ3) is 4.94. The Morgan fingerprint density at radius 2 is 1.12 bits per heavy atom. The maximum absolute atomic E-state index is 6.62. The van der Waals surface area contributed by atoms with E-state index in [1.54, 1.807) is 0 Å². The Morgan fingerprint density at radius 1 is 0.474 bits per heavy atom. The van der Waals surface area contributed by atoms with Gasteiger partial charge in [-0.25, -0.2) is 0 Å². The van der Waals surface area contributed by atoms with Crippen LogP contribution in [-0.2, 0) is 0 Å². The van der Waals surface area contributed by atoms with Crippen LogP contribution in [-0.4, -0.2) is 4.57 Å². The van der Waals surface area contributed by atoms with Crippen molar-refractivity contribution in [3.05, 3.63) is 200 Å². The third-order valence-electron chi connectivity index (χ3n) is 11.6. The first-order valence-electron chi connectivity index (χ1n) is 19.4. The normalized spacial score (nSPS) is 13.7. The molecule has 0 radical (unpaired) electrons. The van der Waals surface area contributed by atoms with Crippen LogP contribution in [0.4, 0.5) is 5.69 Å². The molecule has 1 aliphatic heterocycles. The van der Waals surface area contributed by atoms with Gasteiger partial charge in [0.15, 0.2) is 6.23 Å². The van der Waals surface area contributed by atoms with E-state index in [4.69, 9.17) is 9.15 Å².